The van der Waals surface area contributed by atoms with Crippen molar-refractivity contribution in [1.82, 2.24) is 4.90 Å². The number of non-ortho nitro benzene ring substituents is 1. The van der Waals surface area contributed by atoms with Crippen LogP contribution in [-0.2, 0) is 11.3 Å². The number of piperazine rings is 1. The molecule has 1 amide bonds. The Kier molecular flexibility index (Phi) is 5.53. The van der Waals surface area contributed by atoms with E-state index in [0.29, 0.717) is 5.56 Å². The van der Waals surface area contributed by atoms with Crippen molar-refractivity contribution in [2.24, 2.45) is 5.73 Å². The van der Waals surface area contributed by atoms with Gasteiger partial charge in [0.05, 0.1) is 4.92 Å². The lowest BCUT2D eigenvalue weighted by Crippen LogP contribution is -2.46. The van der Waals surface area contributed by atoms with Crippen molar-refractivity contribution in [2.75, 3.05) is 37.9 Å². The van der Waals surface area contributed by atoms with Gasteiger partial charge in [-0.2, -0.15) is 0 Å². The predicted octanol–water partition coefficient (Wildman–Crippen LogP) is 2.14. The fraction of sp³-hybridized carbons (Fsp3) is 0.286. The Bertz CT molecular complexity index is 999. The van der Waals surface area contributed by atoms with E-state index in [9.17, 15) is 14.9 Å². The zero-order valence-electron chi connectivity index (χ0n) is 16.3. The second kappa shape index (κ2) is 8.42. The molecule has 0 saturated carbocycles. The highest BCUT2D eigenvalue weighted by Gasteiger charge is 2.21. The summed E-state index contributed by atoms with van der Waals surface area (Å²) in [6.07, 6.45) is 2.75. The van der Waals surface area contributed by atoms with Gasteiger partial charge in [0.1, 0.15) is 0 Å². The van der Waals surface area contributed by atoms with Crippen molar-refractivity contribution < 1.29 is 19.2 Å². The van der Waals surface area contributed by atoms with Crippen LogP contribution in [0.4, 0.5) is 11.4 Å². The minimum absolute atomic E-state index is 0.0238. The quantitative estimate of drug-likeness (QED) is 0.441. The Morgan fingerprint density at radius 2 is 1.87 bits per heavy atom. The molecule has 9 heteroatoms. The molecule has 156 valence electrons. The van der Waals surface area contributed by atoms with Crippen LogP contribution in [0.15, 0.2) is 42.5 Å². The highest BCUT2D eigenvalue weighted by molar-refractivity contribution is 5.91. The van der Waals surface area contributed by atoms with Gasteiger partial charge in [-0.3, -0.25) is 19.8 Å². The van der Waals surface area contributed by atoms with Crippen LogP contribution in [0.25, 0.3) is 6.08 Å². The fourth-order valence-electron chi connectivity index (χ4n) is 3.69. The number of amides is 1. The summed E-state index contributed by atoms with van der Waals surface area (Å²) < 4.78 is 10.8. The lowest BCUT2D eigenvalue weighted by Gasteiger charge is -2.36. The Labute approximate surface area is 173 Å². The van der Waals surface area contributed by atoms with E-state index < -0.39 is 10.8 Å². The largest absolute Gasteiger partial charge is 0.454 e. The van der Waals surface area contributed by atoms with Crippen molar-refractivity contribution in [1.29, 1.82) is 0 Å². The Hall–Kier alpha value is -3.59. The predicted molar refractivity (Wildman–Crippen MR) is 111 cm³/mol. The van der Waals surface area contributed by atoms with Crippen LogP contribution in [0, 0.1) is 10.1 Å². The molecule has 30 heavy (non-hydrogen) atoms. The minimum Gasteiger partial charge on any atom is -0.454 e. The molecule has 2 aromatic rings. The van der Waals surface area contributed by atoms with Gasteiger partial charge in [0, 0.05) is 62.2 Å². The van der Waals surface area contributed by atoms with E-state index in [1.165, 1.54) is 24.3 Å². The third-order valence-electron chi connectivity index (χ3n) is 5.21. The number of fused-ring (bicyclic) bond motifs is 1. The molecule has 0 bridgehead atoms. The van der Waals surface area contributed by atoms with Crippen LogP contribution in [0.3, 0.4) is 0 Å². The van der Waals surface area contributed by atoms with Gasteiger partial charge in [-0.25, -0.2) is 0 Å². The van der Waals surface area contributed by atoms with Crippen molar-refractivity contribution in [2.45, 2.75) is 6.54 Å². The molecule has 0 unspecified atom stereocenters. The Balaban J connectivity index is 1.44. The first-order chi connectivity index (χ1) is 14.5. The average molecular weight is 410 g/mol. The molecule has 2 heterocycles. The van der Waals surface area contributed by atoms with E-state index in [-0.39, 0.29) is 12.5 Å². The van der Waals surface area contributed by atoms with Gasteiger partial charge in [0.2, 0.25) is 12.7 Å². The second-order valence-corrected chi connectivity index (χ2v) is 7.19. The molecule has 0 spiro atoms. The van der Waals surface area contributed by atoms with Crippen LogP contribution >= 0.6 is 0 Å². The fourth-order valence-corrected chi connectivity index (χ4v) is 3.69. The van der Waals surface area contributed by atoms with E-state index in [4.69, 9.17) is 15.2 Å². The molecule has 2 aliphatic rings. The van der Waals surface area contributed by atoms with Crippen LogP contribution in [-0.4, -0.2) is 48.7 Å². The lowest BCUT2D eigenvalue weighted by atomic mass is 10.1. The first-order valence-corrected chi connectivity index (χ1v) is 9.61. The van der Waals surface area contributed by atoms with Gasteiger partial charge in [-0.15, -0.1) is 0 Å². The van der Waals surface area contributed by atoms with Gasteiger partial charge in [0.15, 0.2) is 11.5 Å². The lowest BCUT2D eigenvalue weighted by molar-refractivity contribution is -0.384. The number of hydrogen-bond acceptors (Lipinski definition) is 7. The van der Waals surface area contributed by atoms with Gasteiger partial charge in [0.25, 0.3) is 5.69 Å². The molecule has 0 atom stereocenters. The van der Waals surface area contributed by atoms with E-state index in [1.807, 2.05) is 18.2 Å². The minimum atomic E-state index is -0.596. The summed E-state index contributed by atoms with van der Waals surface area (Å²) in [4.78, 5) is 26.3. The summed E-state index contributed by atoms with van der Waals surface area (Å²) in [5, 5.41) is 11.1. The summed E-state index contributed by atoms with van der Waals surface area (Å²) in [7, 11) is 0. The van der Waals surface area contributed by atoms with Crippen molar-refractivity contribution in [3.05, 3.63) is 63.7 Å². The summed E-state index contributed by atoms with van der Waals surface area (Å²) in [5.74, 6) is 0.960. The number of benzene rings is 2. The van der Waals surface area contributed by atoms with Crippen LogP contribution in [0.5, 0.6) is 11.5 Å². The van der Waals surface area contributed by atoms with E-state index >= 15 is 0 Å². The Morgan fingerprint density at radius 3 is 2.60 bits per heavy atom. The molecule has 0 aliphatic carbocycles. The van der Waals surface area contributed by atoms with Gasteiger partial charge >= 0.3 is 0 Å². The van der Waals surface area contributed by atoms with Crippen molar-refractivity contribution in [3.8, 4) is 11.5 Å². The molecule has 2 N–H and O–H groups in total. The third-order valence-corrected chi connectivity index (χ3v) is 5.21. The number of ether oxygens (including phenoxy) is 2. The van der Waals surface area contributed by atoms with Crippen molar-refractivity contribution in [3.63, 3.8) is 0 Å². The molecule has 4 rings (SSSR count). The highest BCUT2D eigenvalue weighted by Crippen LogP contribution is 2.33. The number of carbonyl (C=O) groups is 1. The molecule has 2 aromatic carbocycles. The third kappa shape index (κ3) is 4.36. The summed E-state index contributed by atoms with van der Waals surface area (Å²) in [5.41, 5.74) is 7.78. The number of primary amides is 1. The standard InChI is InChI=1S/C21H22N4O5/c22-21(26)6-2-16-12-17(25(27)28)3-4-18(16)24-9-7-23(8-10-24)13-15-1-5-19-20(11-15)30-14-29-19/h1-6,11-12H,7-10,13-14H2,(H2,22,26)/b6-2-. The Morgan fingerprint density at radius 1 is 1.10 bits per heavy atom. The van der Waals surface area contributed by atoms with Gasteiger partial charge in [-0.05, 0) is 29.8 Å². The van der Waals surface area contributed by atoms with Gasteiger partial charge < -0.3 is 20.1 Å². The first kappa shape index (κ1) is 19.7. The normalized spacial score (nSPS) is 16.2. The summed E-state index contributed by atoms with van der Waals surface area (Å²) in [6, 6.07) is 10.7. The molecule has 0 aromatic heterocycles. The van der Waals surface area contributed by atoms with E-state index in [0.717, 1.165) is 55.5 Å². The smallest absolute Gasteiger partial charge is 0.270 e. The molecule has 1 saturated heterocycles. The number of carbonyl (C=O) groups excluding carboxylic acids is 1. The number of hydrogen-bond donors (Lipinski definition) is 1. The number of nitro groups is 1. The van der Waals surface area contributed by atoms with E-state index in [1.54, 1.807) is 6.07 Å². The van der Waals surface area contributed by atoms with Crippen LogP contribution in [0.1, 0.15) is 11.1 Å². The molecule has 2 aliphatic heterocycles. The number of nitro benzene ring substituents is 1. The number of anilines is 1. The van der Waals surface area contributed by atoms with E-state index in [2.05, 4.69) is 9.80 Å². The number of nitrogens with zero attached hydrogens (tertiary/aromatic N) is 3. The number of nitrogens with two attached hydrogens (primary N) is 1. The summed E-state index contributed by atoms with van der Waals surface area (Å²) >= 11 is 0. The topological polar surface area (TPSA) is 111 Å². The monoisotopic (exact) mass is 410 g/mol. The van der Waals surface area contributed by atoms with Crippen LogP contribution < -0.4 is 20.1 Å². The summed E-state index contributed by atoms with van der Waals surface area (Å²) in [6.45, 7) is 4.27. The molecular weight excluding hydrogens is 388 g/mol. The van der Waals surface area contributed by atoms with Crippen LogP contribution in [0.2, 0.25) is 0 Å². The molecule has 0 radical (unpaired) electrons. The molecule has 9 nitrogen and oxygen atoms in total. The van der Waals surface area contributed by atoms with Gasteiger partial charge in [-0.1, -0.05) is 6.07 Å². The highest BCUT2D eigenvalue weighted by atomic mass is 16.7. The zero-order chi connectivity index (χ0) is 21.1. The SMILES string of the molecule is NC(=O)/C=C\c1cc([N+](=O)[O-])ccc1N1CCN(Cc2ccc3c(c2)OCO3)CC1. The molecule has 1 fully saturated rings. The van der Waals surface area contributed by atoms with Crippen molar-refractivity contribution >= 4 is 23.4 Å². The maximum absolute atomic E-state index is 11.1. The molecular formula is C21H22N4O5. The maximum Gasteiger partial charge on any atom is 0.270 e. The first-order valence-electron chi connectivity index (χ1n) is 9.61. The average Bonchev–Trinajstić information content (AvgIpc) is 3.20. The second-order valence-electron chi connectivity index (χ2n) is 7.19. The zero-order valence-corrected chi connectivity index (χ0v) is 16.3. The number of rotatable bonds is 6. The maximum atomic E-state index is 11.1.